The predicted octanol–water partition coefficient (Wildman–Crippen LogP) is 2.05. The van der Waals surface area contributed by atoms with E-state index in [4.69, 9.17) is 0 Å². The Morgan fingerprint density at radius 1 is 1.00 bits per heavy atom. The smallest absolute Gasteiger partial charge is 0.270 e. The summed E-state index contributed by atoms with van der Waals surface area (Å²) < 4.78 is 0. The largest absolute Gasteiger partial charge is 0.289 e. The van der Waals surface area contributed by atoms with Crippen molar-refractivity contribution in [1.82, 2.24) is 4.90 Å². The zero-order valence-electron chi connectivity index (χ0n) is 12.0. The summed E-state index contributed by atoms with van der Waals surface area (Å²) in [6.45, 7) is 0. The number of hydrogen-bond acceptors (Lipinski definition) is 5. The highest BCUT2D eigenvalue weighted by molar-refractivity contribution is 6.22. The van der Waals surface area contributed by atoms with E-state index in [1.807, 2.05) is 0 Å². The average molecular weight is 310 g/mol. The molecule has 7 nitrogen and oxygen atoms in total. The van der Waals surface area contributed by atoms with Crippen molar-refractivity contribution in [2.24, 2.45) is 0 Å². The highest BCUT2D eigenvalue weighted by Crippen LogP contribution is 2.24. The lowest BCUT2D eigenvalue weighted by molar-refractivity contribution is -0.384. The van der Waals surface area contributed by atoms with Crippen LogP contribution in [0.15, 0.2) is 42.5 Å². The first-order valence-electron chi connectivity index (χ1n) is 6.65. The van der Waals surface area contributed by atoms with Gasteiger partial charge < -0.3 is 0 Å². The Kier molecular flexibility index (Phi) is 3.25. The molecule has 2 aromatic rings. The van der Waals surface area contributed by atoms with E-state index in [0.29, 0.717) is 0 Å². The number of nitrogens with zero attached hydrogens (tertiary/aromatic N) is 2. The Hall–Kier alpha value is -3.35. The molecule has 0 radical (unpaired) electrons. The molecule has 0 aliphatic carbocycles. The average Bonchev–Trinajstić information content (AvgIpc) is 2.78. The van der Waals surface area contributed by atoms with Crippen LogP contribution in [-0.4, -0.2) is 34.5 Å². The highest BCUT2D eigenvalue weighted by Gasteiger charge is 2.33. The monoisotopic (exact) mass is 310 g/mol. The van der Waals surface area contributed by atoms with Gasteiger partial charge in [-0.3, -0.25) is 29.4 Å². The molecule has 23 heavy (non-hydrogen) atoms. The van der Waals surface area contributed by atoms with Crippen molar-refractivity contribution in [2.75, 3.05) is 7.05 Å². The van der Waals surface area contributed by atoms with Crippen LogP contribution in [0.1, 0.15) is 36.6 Å². The van der Waals surface area contributed by atoms with E-state index in [1.54, 1.807) is 0 Å². The van der Waals surface area contributed by atoms with E-state index in [2.05, 4.69) is 0 Å². The molecule has 114 valence electrons. The van der Waals surface area contributed by atoms with Crippen molar-refractivity contribution in [3.05, 3.63) is 74.8 Å². The van der Waals surface area contributed by atoms with Crippen LogP contribution in [-0.2, 0) is 0 Å². The van der Waals surface area contributed by atoms with Crippen LogP contribution in [0, 0.1) is 10.1 Å². The molecular formula is C16H10N2O5. The molecule has 0 unspecified atom stereocenters. The minimum absolute atomic E-state index is 0.143. The number of amides is 2. The fourth-order valence-electron chi connectivity index (χ4n) is 2.43. The quantitative estimate of drug-likeness (QED) is 0.374. The van der Waals surface area contributed by atoms with E-state index in [0.717, 1.165) is 4.90 Å². The van der Waals surface area contributed by atoms with Crippen molar-refractivity contribution >= 4 is 23.3 Å². The Bertz CT molecular complexity index is 888. The second-order valence-electron chi connectivity index (χ2n) is 5.07. The number of non-ortho nitro benzene ring substituents is 1. The molecule has 0 spiro atoms. The third kappa shape index (κ3) is 2.28. The lowest BCUT2D eigenvalue weighted by atomic mass is 9.99. The molecule has 2 aromatic carbocycles. The molecule has 0 bridgehead atoms. The summed E-state index contributed by atoms with van der Waals surface area (Å²) in [6, 6.07) is 9.54. The van der Waals surface area contributed by atoms with Crippen LogP contribution in [0.4, 0.5) is 5.69 Å². The fraction of sp³-hybridized carbons (Fsp3) is 0.0625. The second-order valence-corrected chi connectivity index (χ2v) is 5.07. The lowest BCUT2D eigenvalue weighted by Gasteiger charge is -2.03. The standard InChI is InChI=1S/C16H10N2O5/c1-17-15(20)12-6-5-10(8-13(12)16(17)21)14(19)9-3-2-4-11(7-9)18(22)23/h2-8H,1H3. The van der Waals surface area contributed by atoms with Crippen LogP contribution in [0.2, 0.25) is 0 Å². The number of ketones is 1. The Balaban J connectivity index is 2.02. The first kappa shape index (κ1) is 14.6. The number of nitro benzene ring substituents is 1. The summed E-state index contributed by atoms with van der Waals surface area (Å²) in [6.07, 6.45) is 0. The van der Waals surface area contributed by atoms with Gasteiger partial charge in [-0.1, -0.05) is 18.2 Å². The summed E-state index contributed by atoms with van der Waals surface area (Å²) >= 11 is 0. The van der Waals surface area contributed by atoms with Gasteiger partial charge in [-0.05, 0) is 12.1 Å². The van der Waals surface area contributed by atoms with E-state index in [1.165, 1.54) is 49.5 Å². The first-order chi connectivity index (χ1) is 10.9. The zero-order valence-corrected chi connectivity index (χ0v) is 12.0. The molecular weight excluding hydrogens is 300 g/mol. The van der Waals surface area contributed by atoms with Gasteiger partial charge in [0.15, 0.2) is 5.78 Å². The third-order valence-electron chi connectivity index (χ3n) is 3.67. The van der Waals surface area contributed by atoms with Crippen molar-refractivity contribution in [3.63, 3.8) is 0 Å². The van der Waals surface area contributed by atoms with E-state index >= 15 is 0 Å². The van der Waals surface area contributed by atoms with Gasteiger partial charge in [-0.2, -0.15) is 0 Å². The van der Waals surface area contributed by atoms with E-state index in [9.17, 15) is 24.5 Å². The van der Waals surface area contributed by atoms with Gasteiger partial charge in [0.2, 0.25) is 0 Å². The molecule has 0 saturated carbocycles. The van der Waals surface area contributed by atoms with Crippen molar-refractivity contribution in [3.8, 4) is 0 Å². The Morgan fingerprint density at radius 2 is 1.65 bits per heavy atom. The van der Waals surface area contributed by atoms with Crippen molar-refractivity contribution in [2.45, 2.75) is 0 Å². The Labute approximate surface area is 130 Å². The molecule has 0 fully saturated rings. The second kappa shape index (κ2) is 5.13. The molecule has 0 N–H and O–H groups in total. The number of carbonyl (C=O) groups is 3. The number of imide groups is 1. The van der Waals surface area contributed by atoms with Crippen molar-refractivity contribution < 1.29 is 19.3 Å². The van der Waals surface area contributed by atoms with Gasteiger partial charge in [0, 0.05) is 30.3 Å². The van der Waals surface area contributed by atoms with Crippen LogP contribution in [0.5, 0.6) is 0 Å². The molecule has 1 aliphatic heterocycles. The van der Waals surface area contributed by atoms with Gasteiger partial charge >= 0.3 is 0 Å². The van der Waals surface area contributed by atoms with Crippen LogP contribution in [0.3, 0.4) is 0 Å². The number of hydrogen-bond donors (Lipinski definition) is 0. The maximum atomic E-state index is 12.5. The molecule has 2 amide bonds. The minimum atomic E-state index is -0.587. The number of nitro groups is 1. The number of benzene rings is 2. The number of carbonyl (C=O) groups excluding carboxylic acids is 3. The summed E-state index contributed by atoms with van der Waals surface area (Å²) in [7, 11) is 1.37. The molecule has 1 heterocycles. The molecule has 3 rings (SSSR count). The van der Waals surface area contributed by atoms with Gasteiger partial charge in [0.25, 0.3) is 17.5 Å². The summed E-state index contributed by atoms with van der Waals surface area (Å²) in [5.74, 6) is -1.34. The fourth-order valence-corrected chi connectivity index (χ4v) is 2.43. The number of rotatable bonds is 3. The van der Waals surface area contributed by atoms with Crippen LogP contribution < -0.4 is 0 Å². The third-order valence-corrected chi connectivity index (χ3v) is 3.67. The summed E-state index contributed by atoms with van der Waals surface area (Å²) in [5.41, 5.74) is 0.551. The number of fused-ring (bicyclic) bond motifs is 1. The SMILES string of the molecule is CN1C(=O)c2ccc(C(=O)c3cccc([N+](=O)[O-])c3)cc2C1=O. The van der Waals surface area contributed by atoms with E-state index in [-0.39, 0.29) is 27.9 Å². The molecule has 0 atom stereocenters. The zero-order chi connectivity index (χ0) is 16.7. The van der Waals surface area contributed by atoms with Crippen LogP contribution >= 0.6 is 0 Å². The van der Waals surface area contributed by atoms with Crippen molar-refractivity contribution in [1.29, 1.82) is 0 Å². The maximum absolute atomic E-state index is 12.5. The lowest BCUT2D eigenvalue weighted by Crippen LogP contribution is -2.24. The minimum Gasteiger partial charge on any atom is -0.289 e. The maximum Gasteiger partial charge on any atom is 0.270 e. The topological polar surface area (TPSA) is 97.6 Å². The van der Waals surface area contributed by atoms with Gasteiger partial charge in [-0.25, -0.2) is 0 Å². The van der Waals surface area contributed by atoms with Gasteiger partial charge in [-0.15, -0.1) is 0 Å². The molecule has 1 aliphatic rings. The first-order valence-corrected chi connectivity index (χ1v) is 6.65. The molecule has 0 saturated heterocycles. The molecule has 7 heteroatoms. The van der Waals surface area contributed by atoms with Gasteiger partial charge in [0.05, 0.1) is 16.1 Å². The highest BCUT2D eigenvalue weighted by atomic mass is 16.6. The van der Waals surface area contributed by atoms with E-state index < -0.39 is 22.5 Å². The normalized spacial score (nSPS) is 13.2. The molecule has 0 aromatic heterocycles. The summed E-state index contributed by atoms with van der Waals surface area (Å²) in [5, 5.41) is 10.8. The predicted molar refractivity (Wildman–Crippen MR) is 79.4 cm³/mol. The Morgan fingerprint density at radius 3 is 2.35 bits per heavy atom. The van der Waals surface area contributed by atoms with Crippen LogP contribution in [0.25, 0.3) is 0 Å². The summed E-state index contributed by atoms with van der Waals surface area (Å²) in [4.78, 5) is 47.4. The van der Waals surface area contributed by atoms with Gasteiger partial charge in [0.1, 0.15) is 0 Å².